The number of methoxy groups -OCH3 is 1. The van der Waals surface area contributed by atoms with Crippen molar-refractivity contribution in [3.63, 3.8) is 0 Å². The zero-order valence-electron chi connectivity index (χ0n) is 8.72. The van der Waals surface area contributed by atoms with Crippen LogP contribution in [0.4, 0.5) is 10.1 Å². The summed E-state index contributed by atoms with van der Waals surface area (Å²) >= 11 is 3.46. The fourth-order valence-corrected chi connectivity index (χ4v) is 1.79. The number of anilines is 1. The molecular weight excluding hydrogens is 261 g/mol. The molecule has 0 fully saturated rings. The van der Waals surface area contributed by atoms with Gasteiger partial charge in [0.1, 0.15) is 0 Å². The van der Waals surface area contributed by atoms with Crippen molar-refractivity contribution in [2.45, 2.75) is 13.0 Å². The summed E-state index contributed by atoms with van der Waals surface area (Å²) in [7, 11) is 1.66. The van der Waals surface area contributed by atoms with Crippen LogP contribution >= 0.6 is 15.9 Å². The smallest absolute Gasteiger partial charge is 0.0911 e. The van der Waals surface area contributed by atoms with Crippen LogP contribution in [-0.4, -0.2) is 20.3 Å². The van der Waals surface area contributed by atoms with Gasteiger partial charge >= 0.3 is 0 Å². The van der Waals surface area contributed by atoms with E-state index in [1.54, 1.807) is 7.11 Å². The minimum atomic E-state index is -0.291. The van der Waals surface area contributed by atoms with Crippen LogP contribution in [0.2, 0.25) is 0 Å². The molecule has 0 radical (unpaired) electrons. The maximum Gasteiger partial charge on any atom is 0.0911 e. The standard InChI is InChI=1S/C11H15BrFNO/c1-15-8-9-10(12)4-2-5-11(9)14-7-3-6-13/h2,4-5,14H,3,6-8H2,1H3. The van der Waals surface area contributed by atoms with E-state index in [0.29, 0.717) is 19.6 Å². The molecule has 0 aliphatic rings. The monoisotopic (exact) mass is 275 g/mol. The van der Waals surface area contributed by atoms with Crippen LogP contribution in [0.25, 0.3) is 0 Å². The molecule has 0 unspecified atom stereocenters. The highest BCUT2D eigenvalue weighted by atomic mass is 79.9. The average molecular weight is 276 g/mol. The van der Waals surface area contributed by atoms with Gasteiger partial charge in [0.25, 0.3) is 0 Å². The summed E-state index contributed by atoms with van der Waals surface area (Å²) in [5.74, 6) is 0. The summed E-state index contributed by atoms with van der Waals surface area (Å²) < 4.78 is 18.1. The molecule has 84 valence electrons. The molecule has 1 rings (SSSR count). The Labute approximate surface area is 98.0 Å². The van der Waals surface area contributed by atoms with Crippen molar-refractivity contribution >= 4 is 21.6 Å². The molecule has 0 aromatic heterocycles. The molecule has 0 amide bonds. The molecule has 1 aromatic rings. The second kappa shape index (κ2) is 6.80. The molecule has 0 saturated carbocycles. The van der Waals surface area contributed by atoms with Crippen LogP contribution in [0, 0.1) is 0 Å². The van der Waals surface area contributed by atoms with Crippen LogP contribution in [0.5, 0.6) is 0 Å². The average Bonchev–Trinajstić information content (AvgIpc) is 2.23. The third kappa shape index (κ3) is 3.80. The molecule has 0 saturated heterocycles. The first kappa shape index (κ1) is 12.5. The summed E-state index contributed by atoms with van der Waals surface area (Å²) in [6.45, 7) is 0.893. The molecule has 2 nitrogen and oxygen atoms in total. The second-order valence-corrected chi connectivity index (χ2v) is 4.02. The highest BCUT2D eigenvalue weighted by Crippen LogP contribution is 2.25. The van der Waals surface area contributed by atoms with Gasteiger partial charge in [0.05, 0.1) is 13.3 Å². The Morgan fingerprint density at radius 2 is 2.27 bits per heavy atom. The van der Waals surface area contributed by atoms with Crippen molar-refractivity contribution in [3.8, 4) is 0 Å². The van der Waals surface area contributed by atoms with Gasteiger partial charge in [-0.15, -0.1) is 0 Å². The Morgan fingerprint density at radius 3 is 2.93 bits per heavy atom. The number of hydrogen-bond acceptors (Lipinski definition) is 2. The van der Waals surface area contributed by atoms with E-state index in [9.17, 15) is 4.39 Å². The van der Waals surface area contributed by atoms with E-state index in [1.807, 2.05) is 18.2 Å². The van der Waals surface area contributed by atoms with Gasteiger partial charge in [-0.05, 0) is 18.6 Å². The van der Waals surface area contributed by atoms with E-state index < -0.39 is 0 Å². The van der Waals surface area contributed by atoms with Gasteiger partial charge in [0.15, 0.2) is 0 Å². The largest absolute Gasteiger partial charge is 0.385 e. The van der Waals surface area contributed by atoms with E-state index in [4.69, 9.17) is 4.74 Å². The SMILES string of the molecule is COCc1c(Br)cccc1NCCCF. The molecular formula is C11H15BrFNO. The summed E-state index contributed by atoms with van der Waals surface area (Å²) in [6.07, 6.45) is 0.527. The summed E-state index contributed by atoms with van der Waals surface area (Å²) in [4.78, 5) is 0. The number of rotatable bonds is 6. The summed E-state index contributed by atoms with van der Waals surface area (Å²) in [5, 5.41) is 3.19. The third-order valence-corrected chi connectivity index (χ3v) is 2.78. The Kier molecular flexibility index (Phi) is 5.65. The fraction of sp³-hybridized carbons (Fsp3) is 0.455. The molecule has 4 heteroatoms. The van der Waals surface area contributed by atoms with Crippen molar-refractivity contribution in [1.82, 2.24) is 0 Å². The lowest BCUT2D eigenvalue weighted by molar-refractivity contribution is 0.185. The maximum absolute atomic E-state index is 11.9. The van der Waals surface area contributed by atoms with Crippen LogP contribution in [0.15, 0.2) is 22.7 Å². The second-order valence-electron chi connectivity index (χ2n) is 3.17. The first-order valence-corrected chi connectivity index (χ1v) is 5.65. The molecule has 1 aromatic carbocycles. The van der Waals surface area contributed by atoms with Gasteiger partial charge in [0, 0.05) is 29.4 Å². The highest BCUT2D eigenvalue weighted by Gasteiger charge is 2.05. The first-order valence-electron chi connectivity index (χ1n) is 4.85. The lowest BCUT2D eigenvalue weighted by atomic mass is 10.2. The molecule has 1 N–H and O–H groups in total. The van der Waals surface area contributed by atoms with E-state index in [1.165, 1.54) is 0 Å². The van der Waals surface area contributed by atoms with E-state index in [0.717, 1.165) is 15.7 Å². The number of halogens is 2. The van der Waals surface area contributed by atoms with Crippen LogP contribution < -0.4 is 5.32 Å². The summed E-state index contributed by atoms with van der Waals surface area (Å²) in [6, 6.07) is 5.88. The Balaban J connectivity index is 2.71. The quantitative estimate of drug-likeness (QED) is 0.804. The van der Waals surface area contributed by atoms with Crippen molar-refractivity contribution in [3.05, 3.63) is 28.2 Å². The lowest BCUT2D eigenvalue weighted by Gasteiger charge is -2.12. The minimum absolute atomic E-state index is 0.291. The molecule has 0 aliphatic heterocycles. The number of nitrogens with one attached hydrogen (secondary N) is 1. The number of ether oxygens (including phenoxy) is 1. The van der Waals surface area contributed by atoms with E-state index in [-0.39, 0.29) is 6.67 Å². The normalized spacial score (nSPS) is 10.3. The van der Waals surface area contributed by atoms with Gasteiger partial charge in [-0.25, -0.2) is 0 Å². The topological polar surface area (TPSA) is 21.3 Å². The molecule has 0 heterocycles. The number of benzene rings is 1. The van der Waals surface area contributed by atoms with Gasteiger partial charge in [-0.3, -0.25) is 4.39 Å². The maximum atomic E-state index is 11.9. The zero-order chi connectivity index (χ0) is 11.1. The molecule has 0 bridgehead atoms. The van der Waals surface area contributed by atoms with Gasteiger partial charge in [-0.2, -0.15) is 0 Å². The third-order valence-electron chi connectivity index (χ3n) is 2.03. The van der Waals surface area contributed by atoms with Gasteiger partial charge in [-0.1, -0.05) is 22.0 Å². The Bertz CT molecular complexity index is 307. The lowest BCUT2D eigenvalue weighted by Crippen LogP contribution is -2.05. The van der Waals surface area contributed by atoms with Crippen LogP contribution in [-0.2, 0) is 11.3 Å². The fourth-order valence-electron chi connectivity index (χ4n) is 1.31. The highest BCUT2D eigenvalue weighted by molar-refractivity contribution is 9.10. The van der Waals surface area contributed by atoms with Crippen LogP contribution in [0.1, 0.15) is 12.0 Å². The molecule has 15 heavy (non-hydrogen) atoms. The predicted octanol–water partition coefficient (Wildman–Crippen LogP) is 3.37. The minimum Gasteiger partial charge on any atom is -0.385 e. The summed E-state index contributed by atoms with van der Waals surface area (Å²) in [5.41, 5.74) is 2.07. The molecule has 0 atom stereocenters. The molecule has 0 aliphatic carbocycles. The van der Waals surface area contributed by atoms with Gasteiger partial charge in [0.2, 0.25) is 0 Å². The number of hydrogen-bond donors (Lipinski definition) is 1. The van der Waals surface area contributed by atoms with Crippen LogP contribution in [0.3, 0.4) is 0 Å². The Morgan fingerprint density at radius 1 is 1.47 bits per heavy atom. The first-order chi connectivity index (χ1) is 7.29. The van der Waals surface area contributed by atoms with Crippen molar-refractivity contribution < 1.29 is 9.13 Å². The van der Waals surface area contributed by atoms with E-state index in [2.05, 4.69) is 21.2 Å². The van der Waals surface area contributed by atoms with Crippen molar-refractivity contribution in [2.24, 2.45) is 0 Å². The Hall–Kier alpha value is -0.610. The van der Waals surface area contributed by atoms with Gasteiger partial charge < -0.3 is 10.1 Å². The van der Waals surface area contributed by atoms with Crippen molar-refractivity contribution in [2.75, 3.05) is 25.6 Å². The van der Waals surface area contributed by atoms with E-state index >= 15 is 0 Å². The number of alkyl halides is 1. The zero-order valence-corrected chi connectivity index (χ0v) is 10.3. The molecule has 0 spiro atoms. The predicted molar refractivity (Wildman–Crippen MR) is 63.9 cm³/mol. The van der Waals surface area contributed by atoms with Crippen molar-refractivity contribution in [1.29, 1.82) is 0 Å².